The van der Waals surface area contributed by atoms with Gasteiger partial charge in [-0.1, -0.05) is 6.42 Å². The van der Waals surface area contributed by atoms with Gasteiger partial charge in [-0.2, -0.15) is 0 Å². The molecule has 0 aliphatic carbocycles. The van der Waals surface area contributed by atoms with E-state index in [1.807, 2.05) is 25.7 Å². The molecule has 0 aromatic carbocycles. The number of rotatable bonds is 1. The second-order valence-electron chi connectivity index (χ2n) is 5.85. The molecule has 0 saturated carbocycles. The molecule has 2 N–H and O–H groups in total. The molecule has 0 bridgehead atoms. The third-order valence-corrected chi connectivity index (χ3v) is 3.08. The van der Waals surface area contributed by atoms with Crippen molar-refractivity contribution in [3.8, 4) is 0 Å². The van der Waals surface area contributed by atoms with E-state index in [9.17, 15) is 4.79 Å². The minimum Gasteiger partial charge on any atom is -0.444 e. The number of ether oxygens (including phenoxy) is 1. The fourth-order valence-electron chi connectivity index (χ4n) is 2.07. The maximum absolute atomic E-state index is 11.9. The van der Waals surface area contributed by atoms with Crippen molar-refractivity contribution in [1.82, 2.24) is 4.90 Å². The number of hydrogen-bond acceptors (Lipinski definition) is 3. The maximum atomic E-state index is 11.9. The molecule has 1 aliphatic rings. The van der Waals surface area contributed by atoms with Gasteiger partial charge in [-0.15, -0.1) is 12.4 Å². The molecule has 0 aromatic heterocycles. The summed E-state index contributed by atoms with van der Waals surface area (Å²) in [4.78, 5) is 13.8. The topological polar surface area (TPSA) is 55.6 Å². The van der Waals surface area contributed by atoms with E-state index in [4.69, 9.17) is 10.5 Å². The van der Waals surface area contributed by atoms with E-state index in [1.165, 1.54) is 6.42 Å². The van der Waals surface area contributed by atoms with Gasteiger partial charge in [0.05, 0.1) is 0 Å². The van der Waals surface area contributed by atoms with E-state index in [0.717, 1.165) is 38.9 Å². The van der Waals surface area contributed by atoms with Crippen LogP contribution >= 0.6 is 12.4 Å². The summed E-state index contributed by atoms with van der Waals surface area (Å²) in [5.41, 5.74) is 5.30. The number of halogens is 1. The molecular weight excluding hydrogens is 252 g/mol. The molecule has 5 heteroatoms. The Morgan fingerprint density at radius 3 is 2.50 bits per heavy atom. The smallest absolute Gasteiger partial charge is 0.410 e. The predicted molar refractivity (Wildman–Crippen MR) is 76.1 cm³/mol. The van der Waals surface area contributed by atoms with Gasteiger partial charge in [0, 0.05) is 13.1 Å². The highest BCUT2D eigenvalue weighted by molar-refractivity contribution is 5.85. The van der Waals surface area contributed by atoms with Crippen LogP contribution in [0.15, 0.2) is 0 Å². The van der Waals surface area contributed by atoms with E-state index in [2.05, 4.69) is 0 Å². The molecule has 1 fully saturated rings. The third-order valence-electron chi connectivity index (χ3n) is 3.08. The molecule has 18 heavy (non-hydrogen) atoms. The van der Waals surface area contributed by atoms with Gasteiger partial charge in [-0.25, -0.2) is 4.79 Å². The molecule has 1 unspecified atom stereocenters. The van der Waals surface area contributed by atoms with Crippen molar-refractivity contribution in [3.63, 3.8) is 0 Å². The number of carbonyl (C=O) groups is 1. The zero-order valence-corrected chi connectivity index (χ0v) is 12.6. The highest BCUT2D eigenvalue weighted by Gasteiger charge is 2.23. The summed E-state index contributed by atoms with van der Waals surface area (Å²) in [6.45, 7) is 8.01. The van der Waals surface area contributed by atoms with E-state index in [-0.39, 0.29) is 18.5 Å². The minimum absolute atomic E-state index is 0. The molecule has 108 valence electrons. The maximum Gasteiger partial charge on any atom is 0.410 e. The van der Waals surface area contributed by atoms with E-state index >= 15 is 0 Å². The standard InChI is InChI=1S/C13H26N2O2.ClH/c1-13(2,3)17-12(16)15-8-5-4-6-11(10-14)7-9-15;/h11H,4-10,14H2,1-3H3;1H. The fourth-order valence-corrected chi connectivity index (χ4v) is 2.07. The molecule has 1 saturated heterocycles. The van der Waals surface area contributed by atoms with Gasteiger partial charge in [-0.05, 0) is 52.5 Å². The van der Waals surface area contributed by atoms with Crippen molar-refractivity contribution in [2.24, 2.45) is 11.7 Å². The SMILES string of the molecule is CC(C)(C)OC(=O)N1CCCCC(CN)CC1.Cl. The Hall–Kier alpha value is -0.480. The number of hydrogen-bond donors (Lipinski definition) is 1. The average molecular weight is 279 g/mol. The van der Waals surface area contributed by atoms with E-state index in [1.54, 1.807) is 0 Å². The normalized spacial score (nSPS) is 21.6. The fraction of sp³-hybridized carbons (Fsp3) is 0.923. The van der Waals surface area contributed by atoms with Crippen LogP contribution in [0.1, 0.15) is 46.5 Å². The van der Waals surface area contributed by atoms with Crippen LogP contribution in [0, 0.1) is 5.92 Å². The van der Waals surface area contributed by atoms with Crippen LogP contribution < -0.4 is 5.73 Å². The van der Waals surface area contributed by atoms with Crippen LogP contribution in [-0.4, -0.2) is 36.2 Å². The van der Waals surface area contributed by atoms with Gasteiger partial charge in [0.15, 0.2) is 0 Å². The number of amides is 1. The van der Waals surface area contributed by atoms with Gasteiger partial charge in [0.2, 0.25) is 0 Å². The molecule has 4 nitrogen and oxygen atoms in total. The van der Waals surface area contributed by atoms with Gasteiger partial charge in [0.1, 0.15) is 5.60 Å². The Morgan fingerprint density at radius 1 is 1.28 bits per heavy atom. The Bertz CT molecular complexity index is 254. The molecular formula is C13H27ClN2O2. The lowest BCUT2D eigenvalue weighted by atomic mass is 9.96. The monoisotopic (exact) mass is 278 g/mol. The van der Waals surface area contributed by atoms with Crippen LogP contribution in [-0.2, 0) is 4.74 Å². The van der Waals surface area contributed by atoms with Gasteiger partial charge in [0.25, 0.3) is 0 Å². The summed E-state index contributed by atoms with van der Waals surface area (Å²) in [6, 6.07) is 0. The quantitative estimate of drug-likeness (QED) is 0.802. The molecule has 1 aliphatic heterocycles. The van der Waals surface area contributed by atoms with Crippen LogP contribution in [0.5, 0.6) is 0 Å². The summed E-state index contributed by atoms with van der Waals surface area (Å²) >= 11 is 0. The second kappa shape index (κ2) is 7.85. The van der Waals surface area contributed by atoms with E-state index in [0.29, 0.717) is 5.92 Å². The van der Waals surface area contributed by atoms with E-state index < -0.39 is 5.60 Å². The lowest BCUT2D eigenvalue weighted by Crippen LogP contribution is -2.39. The first kappa shape index (κ1) is 17.5. The summed E-state index contributed by atoms with van der Waals surface area (Å²) in [7, 11) is 0. The minimum atomic E-state index is -0.410. The lowest BCUT2D eigenvalue weighted by molar-refractivity contribution is 0.0225. The molecule has 0 radical (unpaired) electrons. The van der Waals surface area contributed by atoms with Gasteiger partial charge >= 0.3 is 6.09 Å². The van der Waals surface area contributed by atoms with Crippen molar-refractivity contribution in [3.05, 3.63) is 0 Å². The first-order valence-corrected chi connectivity index (χ1v) is 6.60. The Morgan fingerprint density at radius 2 is 1.94 bits per heavy atom. The van der Waals surface area contributed by atoms with Crippen molar-refractivity contribution >= 4 is 18.5 Å². The largest absolute Gasteiger partial charge is 0.444 e. The molecule has 1 amide bonds. The van der Waals surface area contributed by atoms with Gasteiger partial charge < -0.3 is 15.4 Å². The third kappa shape index (κ3) is 6.45. The Labute approximate surface area is 117 Å². The highest BCUT2D eigenvalue weighted by atomic mass is 35.5. The first-order chi connectivity index (χ1) is 7.92. The van der Waals surface area contributed by atoms with Crippen molar-refractivity contribution in [2.45, 2.75) is 52.1 Å². The highest BCUT2D eigenvalue weighted by Crippen LogP contribution is 2.18. The average Bonchev–Trinajstić information content (AvgIpc) is 2.14. The van der Waals surface area contributed by atoms with Crippen LogP contribution in [0.2, 0.25) is 0 Å². The molecule has 0 aromatic rings. The number of likely N-dealkylation sites (tertiary alicyclic amines) is 1. The number of nitrogens with zero attached hydrogens (tertiary/aromatic N) is 1. The summed E-state index contributed by atoms with van der Waals surface area (Å²) in [5, 5.41) is 0. The van der Waals surface area contributed by atoms with Crippen molar-refractivity contribution < 1.29 is 9.53 Å². The summed E-state index contributed by atoms with van der Waals surface area (Å²) in [6.07, 6.45) is 4.21. The summed E-state index contributed by atoms with van der Waals surface area (Å²) in [5.74, 6) is 0.556. The molecule has 1 rings (SSSR count). The zero-order chi connectivity index (χ0) is 12.9. The first-order valence-electron chi connectivity index (χ1n) is 6.60. The number of carbonyl (C=O) groups excluding carboxylic acids is 1. The zero-order valence-electron chi connectivity index (χ0n) is 11.8. The molecule has 1 atom stereocenters. The van der Waals surface area contributed by atoms with Crippen LogP contribution in [0.4, 0.5) is 4.79 Å². The molecule has 1 heterocycles. The molecule has 0 spiro atoms. The van der Waals surface area contributed by atoms with Crippen LogP contribution in [0.3, 0.4) is 0 Å². The van der Waals surface area contributed by atoms with Gasteiger partial charge in [-0.3, -0.25) is 0 Å². The predicted octanol–water partition coefficient (Wildman–Crippen LogP) is 2.79. The Kier molecular flexibility index (Phi) is 7.64. The summed E-state index contributed by atoms with van der Waals surface area (Å²) < 4.78 is 5.40. The number of nitrogens with two attached hydrogens (primary N) is 1. The van der Waals surface area contributed by atoms with Crippen molar-refractivity contribution in [1.29, 1.82) is 0 Å². The lowest BCUT2D eigenvalue weighted by Gasteiger charge is -2.30. The van der Waals surface area contributed by atoms with Crippen molar-refractivity contribution in [2.75, 3.05) is 19.6 Å². The second-order valence-corrected chi connectivity index (χ2v) is 5.85. The Balaban J connectivity index is 0.00000289. The van der Waals surface area contributed by atoms with Crippen LogP contribution in [0.25, 0.3) is 0 Å².